The largest absolute Gasteiger partial charge is 0.504 e. The average molecular weight is 160 g/mol. The Labute approximate surface area is 65.4 Å². The van der Waals surface area contributed by atoms with E-state index in [2.05, 4.69) is 4.74 Å². The lowest BCUT2D eigenvalue weighted by Crippen LogP contribution is -2.08. The fourth-order valence-corrected chi connectivity index (χ4v) is 0.500. The van der Waals surface area contributed by atoms with Crippen LogP contribution < -0.4 is 0 Å². The first kappa shape index (κ1) is 9.97. The normalized spacial score (nSPS) is 11.3. The van der Waals surface area contributed by atoms with Crippen LogP contribution in [0, 0.1) is 0 Å². The van der Waals surface area contributed by atoms with Crippen LogP contribution in [-0.2, 0) is 14.3 Å². The summed E-state index contributed by atoms with van der Waals surface area (Å²) in [7, 11) is 1.40. The van der Waals surface area contributed by atoms with Gasteiger partial charge in [0.1, 0.15) is 0 Å². The van der Waals surface area contributed by atoms with Crippen LogP contribution >= 0.6 is 0 Å². The molecule has 0 aromatic carbocycles. The van der Waals surface area contributed by atoms with Gasteiger partial charge < -0.3 is 14.6 Å². The molecule has 11 heavy (non-hydrogen) atoms. The van der Waals surface area contributed by atoms with Gasteiger partial charge in [0, 0.05) is 6.61 Å². The molecule has 0 atom stereocenters. The van der Waals surface area contributed by atoms with Gasteiger partial charge in [0.2, 0.25) is 0 Å². The number of hydrogen-bond acceptors (Lipinski definition) is 3. The number of carboxylic acids is 1. The van der Waals surface area contributed by atoms with Gasteiger partial charge in [0.25, 0.3) is 0 Å². The maximum Gasteiger partial charge on any atom is 0.337 e. The summed E-state index contributed by atoms with van der Waals surface area (Å²) in [4.78, 5) is 10.4. The lowest BCUT2D eigenvalue weighted by Gasteiger charge is -2.00. The van der Waals surface area contributed by atoms with Crippen molar-refractivity contribution in [3.05, 3.63) is 11.8 Å². The molecule has 0 rings (SSSR count). The van der Waals surface area contributed by atoms with Crippen molar-refractivity contribution >= 4 is 5.97 Å². The van der Waals surface area contributed by atoms with Crippen molar-refractivity contribution in [1.29, 1.82) is 0 Å². The minimum atomic E-state index is -1.01. The molecule has 0 unspecified atom stereocenters. The molecule has 0 aromatic heterocycles. The van der Waals surface area contributed by atoms with Gasteiger partial charge in [0.05, 0.1) is 25.6 Å². The molecule has 0 bridgehead atoms. The molecule has 4 nitrogen and oxygen atoms in total. The molecular formula is C7H12O4. The maximum atomic E-state index is 10.4. The summed E-state index contributed by atoms with van der Waals surface area (Å²) in [5.41, 5.74) is 0.120. The summed E-state index contributed by atoms with van der Waals surface area (Å²) in [5, 5.41) is 8.50. The van der Waals surface area contributed by atoms with Crippen molar-refractivity contribution < 1.29 is 19.4 Å². The van der Waals surface area contributed by atoms with Gasteiger partial charge in [0.15, 0.2) is 0 Å². The summed E-state index contributed by atoms with van der Waals surface area (Å²) in [6, 6.07) is 0. The molecular weight excluding hydrogens is 148 g/mol. The third-order valence-corrected chi connectivity index (χ3v) is 0.996. The van der Waals surface area contributed by atoms with Crippen molar-refractivity contribution in [2.75, 3.05) is 20.3 Å². The van der Waals surface area contributed by atoms with Crippen LogP contribution in [0.3, 0.4) is 0 Å². The van der Waals surface area contributed by atoms with E-state index in [0.717, 1.165) is 6.26 Å². The first-order valence-corrected chi connectivity index (χ1v) is 3.25. The molecule has 0 amide bonds. The minimum absolute atomic E-state index is 0.0830. The topological polar surface area (TPSA) is 55.8 Å². The first-order valence-electron chi connectivity index (χ1n) is 3.25. The van der Waals surface area contributed by atoms with E-state index in [1.807, 2.05) is 0 Å². The molecule has 64 valence electrons. The number of carbonyl (C=O) groups is 1. The van der Waals surface area contributed by atoms with Crippen molar-refractivity contribution in [1.82, 2.24) is 0 Å². The number of hydrogen-bond donors (Lipinski definition) is 1. The van der Waals surface area contributed by atoms with Crippen LogP contribution in [-0.4, -0.2) is 31.4 Å². The number of aliphatic carboxylic acids is 1. The zero-order valence-electron chi connectivity index (χ0n) is 6.66. The van der Waals surface area contributed by atoms with Crippen LogP contribution in [0.1, 0.15) is 6.92 Å². The van der Waals surface area contributed by atoms with Gasteiger partial charge in [-0.15, -0.1) is 0 Å². The van der Waals surface area contributed by atoms with E-state index < -0.39 is 5.97 Å². The molecule has 0 spiro atoms. The Morgan fingerprint density at radius 1 is 1.64 bits per heavy atom. The van der Waals surface area contributed by atoms with Crippen LogP contribution in [0.25, 0.3) is 0 Å². The molecule has 0 aliphatic carbocycles. The highest BCUT2D eigenvalue weighted by molar-refractivity contribution is 5.86. The van der Waals surface area contributed by atoms with E-state index in [0.29, 0.717) is 6.61 Å². The summed E-state index contributed by atoms with van der Waals surface area (Å²) in [6.45, 7) is 2.38. The second kappa shape index (κ2) is 5.73. The molecule has 4 heteroatoms. The number of ether oxygens (including phenoxy) is 2. The van der Waals surface area contributed by atoms with Crippen molar-refractivity contribution in [2.24, 2.45) is 0 Å². The van der Waals surface area contributed by atoms with E-state index in [1.165, 1.54) is 7.11 Å². The van der Waals surface area contributed by atoms with E-state index >= 15 is 0 Å². The predicted molar refractivity (Wildman–Crippen MR) is 39.2 cm³/mol. The molecule has 0 radical (unpaired) electrons. The summed E-state index contributed by atoms with van der Waals surface area (Å²) >= 11 is 0. The fourth-order valence-electron chi connectivity index (χ4n) is 0.500. The third kappa shape index (κ3) is 4.38. The SMILES string of the molecule is CCOC/C(=C/OC)C(=O)O. The van der Waals surface area contributed by atoms with Crippen molar-refractivity contribution in [3.63, 3.8) is 0 Å². The second-order valence-corrected chi connectivity index (χ2v) is 1.82. The van der Waals surface area contributed by atoms with E-state index in [9.17, 15) is 4.79 Å². The second-order valence-electron chi connectivity index (χ2n) is 1.82. The number of rotatable bonds is 5. The molecule has 0 aromatic rings. The van der Waals surface area contributed by atoms with Gasteiger partial charge >= 0.3 is 5.97 Å². The molecule has 0 aliphatic rings. The monoisotopic (exact) mass is 160 g/mol. The summed E-state index contributed by atoms with van der Waals surface area (Å²) in [5.74, 6) is -1.01. The van der Waals surface area contributed by atoms with Crippen molar-refractivity contribution in [3.8, 4) is 0 Å². The Morgan fingerprint density at radius 3 is 2.64 bits per heavy atom. The molecule has 0 fully saturated rings. The lowest BCUT2D eigenvalue weighted by atomic mass is 10.3. The summed E-state index contributed by atoms with van der Waals surface area (Å²) < 4.78 is 9.42. The Morgan fingerprint density at radius 2 is 2.27 bits per heavy atom. The smallest absolute Gasteiger partial charge is 0.337 e. The van der Waals surface area contributed by atoms with E-state index in [1.54, 1.807) is 6.92 Å². The van der Waals surface area contributed by atoms with Crippen LogP contribution in [0.5, 0.6) is 0 Å². The zero-order valence-corrected chi connectivity index (χ0v) is 6.66. The summed E-state index contributed by atoms with van der Waals surface area (Å²) in [6.07, 6.45) is 1.16. The Kier molecular flexibility index (Phi) is 5.20. The van der Waals surface area contributed by atoms with Gasteiger partial charge in [-0.25, -0.2) is 4.79 Å². The molecule has 0 aliphatic heterocycles. The highest BCUT2D eigenvalue weighted by Crippen LogP contribution is 1.95. The quantitative estimate of drug-likeness (QED) is 0.473. The van der Waals surface area contributed by atoms with E-state index in [-0.39, 0.29) is 12.2 Å². The molecule has 0 saturated heterocycles. The van der Waals surface area contributed by atoms with Gasteiger partial charge in [-0.1, -0.05) is 0 Å². The first-order chi connectivity index (χ1) is 5.22. The van der Waals surface area contributed by atoms with Crippen LogP contribution in [0.15, 0.2) is 11.8 Å². The predicted octanol–water partition coefficient (Wildman–Crippen LogP) is 0.638. The Hall–Kier alpha value is -1.03. The standard InChI is InChI=1S/C7H12O4/c1-3-11-5-6(4-10-2)7(8)9/h4H,3,5H2,1-2H3,(H,8,9)/b6-4-. The average Bonchev–Trinajstić information content (AvgIpc) is 1.97. The Bertz CT molecular complexity index is 151. The Balaban J connectivity index is 3.90. The lowest BCUT2D eigenvalue weighted by molar-refractivity contribution is -0.133. The minimum Gasteiger partial charge on any atom is -0.504 e. The van der Waals surface area contributed by atoms with Crippen molar-refractivity contribution in [2.45, 2.75) is 6.92 Å². The number of carboxylic acid groups (broad SMARTS) is 1. The van der Waals surface area contributed by atoms with Gasteiger partial charge in [-0.3, -0.25) is 0 Å². The maximum absolute atomic E-state index is 10.4. The van der Waals surface area contributed by atoms with Gasteiger partial charge in [-0.05, 0) is 6.92 Å². The van der Waals surface area contributed by atoms with Gasteiger partial charge in [-0.2, -0.15) is 0 Å². The highest BCUT2D eigenvalue weighted by atomic mass is 16.5. The zero-order chi connectivity index (χ0) is 8.69. The highest BCUT2D eigenvalue weighted by Gasteiger charge is 2.06. The van der Waals surface area contributed by atoms with Crippen LogP contribution in [0.4, 0.5) is 0 Å². The van der Waals surface area contributed by atoms with Crippen LogP contribution in [0.2, 0.25) is 0 Å². The number of methoxy groups -OCH3 is 1. The molecule has 0 saturated carbocycles. The molecule has 0 heterocycles. The fraction of sp³-hybridized carbons (Fsp3) is 0.571. The third-order valence-electron chi connectivity index (χ3n) is 0.996. The van der Waals surface area contributed by atoms with E-state index in [4.69, 9.17) is 9.84 Å². The molecule has 1 N–H and O–H groups in total.